The molecule has 2 atom stereocenters. The van der Waals surface area contributed by atoms with Crippen molar-refractivity contribution >= 4 is 5.97 Å². The van der Waals surface area contributed by atoms with Crippen LogP contribution in [0.25, 0.3) is 0 Å². The maximum Gasteiger partial charge on any atom is 0.338 e. The molecule has 34 heavy (non-hydrogen) atoms. The number of rotatable bonds is 11. The molecule has 0 bridgehead atoms. The van der Waals surface area contributed by atoms with Crippen molar-refractivity contribution in [3.8, 4) is 5.75 Å². The fourth-order valence-corrected chi connectivity index (χ4v) is 5.72. The fourth-order valence-electron chi connectivity index (χ4n) is 5.72. The number of carbonyl (C=O) groups is 1. The summed E-state index contributed by atoms with van der Waals surface area (Å²) in [4.78, 5) is 13.0. The summed E-state index contributed by atoms with van der Waals surface area (Å²) < 4.78 is 28.3. The van der Waals surface area contributed by atoms with Crippen LogP contribution in [0.1, 0.15) is 80.6 Å². The van der Waals surface area contributed by atoms with Crippen molar-refractivity contribution in [2.45, 2.75) is 95.5 Å². The second-order valence-corrected chi connectivity index (χ2v) is 10.6. The Balaban J connectivity index is 1.06. The highest BCUT2D eigenvalue weighted by atomic mass is 16.6. The monoisotopic (exact) mass is 472 g/mol. The normalized spacial score (nSPS) is 32.7. The molecule has 188 valence electrons. The second kappa shape index (κ2) is 11.4. The summed E-state index contributed by atoms with van der Waals surface area (Å²) in [7, 11) is 0. The summed E-state index contributed by atoms with van der Waals surface area (Å²) >= 11 is 0. The molecule has 0 amide bonds. The van der Waals surface area contributed by atoms with E-state index in [1.807, 2.05) is 18.2 Å². The van der Waals surface area contributed by atoms with Gasteiger partial charge in [0.2, 0.25) is 0 Å². The molecule has 5 rings (SSSR count). The Kier molecular flexibility index (Phi) is 8.08. The van der Waals surface area contributed by atoms with E-state index in [4.69, 9.17) is 23.7 Å². The molecular formula is C28H40O6. The Hall–Kier alpha value is -1.63. The van der Waals surface area contributed by atoms with Crippen LogP contribution in [0.5, 0.6) is 5.75 Å². The minimum Gasteiger partial charge on any atom is -0.491 e. The molecule has 1 aromatic rings. The van der Waals surface area contributed by atoms with Gasteiger partial charge in [-0.15, -0.1) is 0 Å². The van der Waals surface area contributed by atoms with Crippen LogP contribution in [0.2, 0.25) is 0 Å². The Morgan fingerprint density at radius 3 is 2.12 bits per heavy atom. The van der Waals surface area contributed by atoms with Crippen LogP contribution >= 0.6 is 0 Å². The molecule has 2 heterocycles. The average Bonchev–Trinajstić information content (AvgIpc) is 3.78. The second-order valence-electron chi connectivity index (χ2n) is 10.6. The number of hydrogen-bond acceptors (Lipinski definition) is 6. The molecule has 2 aliphatic carbocycles. The molecule has 0 N–H and O–H groups in total. The summed E-state index contributed by atoms with van der Waals surface area (Å²) in [5.41, 5.74) is 1.71. The van der Waals surface area contributed by atoms with E-state index in [2.05, 4.69) is 6.92 Å². The first-order chi connectivity index (χ1) is 16.7. The standard InChI is InChI=1S/C28H40O6/c1-2-3-21-14-24(31-16-26-18-33-26)12-13-27(21)28(29)34-23-10-6-20(7-11-23)19-4-8-22(9-5-19)30-15-25-17-32-25/h12-14,19-20,22-23,25-26H,2-11,15-18H2,1H3. The van der Waals surface area contributed by atoms with Crippen LogP contribution in [-0.4, -0.2) is 56.8 Å². The molecular weight excluding hydrogens is 432 g/mol. The first-order valence-electron chi connectivity index (χ1n) is 13.5. The van der Waals surface area contributed by atoms with E-state index in [1.54, 1.807) is 0 Å². The van der Waals surface area contributed by atoms with Crippen molar-refractivity contribution in [2.75, 3.05) is 26.4 Å². The van der Waals surface area contributed by atoms with Gasteiger partial charge >= 0.3 is 5.97 Å². The number of hydrogen-bond donors (Lipinski definition) is 0. The van der Waals surface area contributed by atoms with Gasteiger partial charge in [0.15, 0.2) is 0 Å². The number of benzene rings is 1. The van der Waals surface area contributed by atoms with E-state index in [0.717, 1.165) is 68.7 Å². The highest BCUT2D eigenvalue weighted by molar-refractivity contribution is 5.91. The van der Waals surface area contributed by atoms with E-state index in [1.165, 1.54) is 38.5 Å². The summed E-state index contributed by atoms with van der Waals surface area (Å²) in [6, 6.07) is 5.75. The molecule has 2 saturated carbocycles. The van der Waals surface area contributed by atoms with Gasteiger partial charge in [0.1, 0.15) is 30.7 Å². The minimum atomic E-state index is -0.179. The first-order valence-corrected chi connectivity index (χ1v) is 13.5. The Morgan fingerprint density at radius 1 is 0.882 bits per heavy atom. The number of ether oxygens (including phenoxy) is 5. The SMILES string of the molecule is CCCc1cc(OCC2CO2)ccc1C(=O)OC1CCC(C2CCC(OCC3CO3)CC2)CC1. The molecule has 6 heteroatoms. The quantitative estimate of drug-likeness (QED) is 0.329. The molecule has 4 fully saturated rings. The summed E-state index contributed by atoms with van der Waals surface area (Å²) in [5, 5.41) is 0. The lowest BCUT2D eigenvalue weighted by molar-refractivity contribution is -0.00860. The third-order valence-electron chi connectivity index (χ3n) is 7.95. The maximum atomic E-state index is 13.0. The Bertz CT molecular complexity index is 801. The lowest BCUT2D eigenvalue weighted by Crippen LogP contribution is -2.31. The molecule has 6 nitrogen and oxygen atoms in total. The van der Waals surface area contributed by atoms with E-state index in [9.17, 15) is 4.79 Å². The van der Waals surface area contributed by atoms with Gasteiger partial charge in [-0.25, -0.2) is 4.79 Å². The van der Waals surface area contributed by atoms with Gasteiger partial charge in [-0.05, 0) is 93.4 Å². The van der Waals surface area contributed by atoms with Gasteiger partial charge in [-0.3, -0.25) is 0 Å². The van der Waals surface area contributed by atoms with Gasteiger partial charge in [0.05, 0.1) is 31.5 Å². The van der Waals surface area contributed by atoms with Crippen molar-refractivity contribution in [1.82, 2.24) is 0 Å². The lowest BCUT2D eigenvalue weighted by atomic mass is 9.72. The Morgan fingerprint density at radius 2 is 1.50 bits per heavy atom. The zero-order valence-corrected chi connectivity index (χ0v) is 20.5. The van der Waals surface area contributed by atoms with Gasteiger partial charge in [-0.2, -0.15) is 0 Å². The molecule has 1 aromatic carbocycles. The highest BCUT2D eigenvalue weighted by Crippen LogP contribution is 2.40. The number of esters is 1. The first kappa shape index (κ1) is 24.1. The van der Waals surface area contributed by atoms with E-state index in [-0.39, 0.29) is 18.2 Å². The predicted octanol–water partition coefficient (Wildman–Crippen LogP) is 5.11. The van der Waals surface area contributed by atoms with Gasteiger partial charge < -0.3 is 23.7 Å². The largest absolute Gasteiger partial charge is 0.491 e. The van der Waals surface area contributed by atoms with Crippen LogP contribution < -0.4 is 4.74 Å². The fraction of sp³-hybridized carbons (Fsp3) is 0.750. The highest BCUT2D eigenvalue weighted by Gasteiger charge is 2.33. The van der Waals surface area contributed by atoms with E-state index < -0.39 is 0 Å². The third kappa shape index (κ3) is 6.73. The number of aryl methyl sites for hydroxylation is 1. The topological polar surface area (TPSA) is 69.8 Å². The van der Waals surface area contributed by atoms with Crippen molar-refractivity contribution in [2.24, 2.45) is 11.8 Å². The molecule has 2 saturated heterocycles. The van der Waals surface area contributed by atoms with Crippen LogP contribution in [0.3, 0.4) is 0 Å². The average molecular weight is 473 g/mol. The Labute approximate surface area is 203 Å². The molecule has 0 aromatic heterocycles. The third-order valence-corrected chi connectivity index (χ3v) is 7.95. The smallest absolute Gasteiger partial charge is 0.338 e. The summed E-state index contributed by atoms with van der Waals surface area (Å²) in [5.74, 6) is 2.20. The molecule has 2 aliphatic heterocycles. The zero-order valence-electron chi connectivity index (χ0n) is 20.5. The van der Waals surface area contributed by atoms with Crippen LogP contribution in [-0.2, 0) is 25.4 Å². The molecule has 0 spiro atoms. The van der Waals surface area contributed by atoms with Crippen molar-refractivity contribution in [3.63, 3.8) is 0 Å². The number of epoxide rings is 2. The summed E-state index contributed by atoms with van der Waals surface area (Å²) in [6.07, 6.45) is 12.1. The van der Waals surface area contributed by atoms with Crippen LogP contribution in [0.15, 0.2) is 18.2 Å². The van der Waals surface area contributed by atoms with E-state index >= 15 is 0 Å². The summed E-state index contributed by atoms with van der Waals surface area (Å²) in [6.45, 7) is 5.13. The van der Waals surface area contributed by atoms with Crippen molar-refractivity contribution < 1.29 is 28.5 Å². The molecule has 4 aliphatic rings. The van der Waals surface area contributed by atoms with Gasteiger partial charge in [-0.1, -0.05) is 13.3 Å². The minimum absolute atomic E-state index is 0.0411. The van der Waals surface area contributed by atoms with Crippen LogP contribution in [0, 0.1) is 11.8 Å². The van der Waals surface area contributed by atoms with Crippen molar-refractivity contribution in [1.29, 1.82) is 0 Å². The predicted molar refractivity (Wildman–Crippen MR) is 128 cm³/mol. The maximum absolute atomic E-state index is 13.0. The van der Waals surface area contributed by atoms with Gasteiger partial charge in [0.25, 0.3) is 0 Å². The van der Waals surface area contributed by atoms with Crippen molar-refractivity contribution in [3.05, 3.63) is 29.3 Å². The van der Waals surface area contributed by atoms with Gasteiger partial charge in [0, 0.05) is 0 Å². The number of carbonyl (C=O) groups excluding carboxylic acids is 1. The van der Waals surface area contributed by atoms with Crippen LogP contribution in [0.4, 0.5) is 0 Å². The molecule has 0 radical (unpaired) electrons. The lowest BCUT2D eigenvalue weighted by Gasteiger charge is -2.37. The molecule has 2 unspecified atom stereocenters. The van der Waals surface area contributed by atoms with E-state index in [0.29, 0.717) is 24.4 Å². The zero-order chi connectivity index (χ0) is 23.3.